The quantitative estimate of drug-likeness (QED) is 0.768. The summed E-state index contributed by atoms with van der Waals surface area (Å²) in [6.07, 6.45) is 3.48. The summed E-state index contributed by atoms with van der Waals surface area (Å²) in [6, 6.07) is 12.5. The number of aromatic nitrogens is 2. The van der Waals surface area contributed by atoms with Crippen molar-refractivity contribution >= 4 is 22.7 Å². The Hall–Kier alpha value is -2.95. The molecule has 1 aromatic carbocycles. The average Bonchev–Trinajstić information content (AvgIpc) is 2.53. The van der Waals surface area contributed by atoms with Crippen molar-refractivity contribution in [3.8, 4) is 0 Å². The molecule has 3 aromatic rings. The van der Waals surface area contributed by atoms with Gasteiger partial charge in [-0.25, -0.2) is 9.78 Å². The fraction of sp³-hybridized carbons (Fsp3) is 0.0625. The summed E-state index contributed by atoms with van der Waals surface area (Å²) < 4.78 is 0. The van der Waals surface area contributed by atoms with Crippen molar-refractivity contribution in [1.82, 2.24) is 9.97 Å². The smallest absolute Gasteiger partial charge is 0.336 e. The number of anilines is 1. The summed E-state index contributed by atoms with van der Waals surface area (Å²) >= 11 is 0. The van der Waals surface area contributed by atoms with E-state index in [0.29, 0.717) is 23.3 Å². The number of carboxylic acid groups (broad SMARTS) is 1. The molecule has 0 aliphatic heterocycles. The summed E-state index contributed by atoms with van der Waals surface area (Å²) in [5, 5.41) is 13.0. The van der Waals surface area contributed by atoms with Gasteiger partial charge < -0.3 is 10.4 Å². The predicted octanol–water partition coefficient (Wildman–Crippen LogP) is 2.94. The number of carboxylic acids is 1. The Labute approximate surface area is 121 Å². The number of carbonyl (C=O) groups is 1. The molecule has 5 nitrogen and oxygen atoms in total. The molecule has 0 aliphatic rings. The van der Waals surface area contributed by atoms with Crippen LogP contribution < -0.4 is 5.32 Å². The van der Waals surface area contributed by atoms with Crippen molar-refractivity contribution in [1.29, 1.82) is 0 Å². The fourth-order valence-electron chi connectivity index (χ4n) is 2.13. The molecule has 0 atom stereocenters. The highest BCUT2D eigenvalue weighted by molar-refractivity contribution is 6.02. The van der Waals surface area contributed by atoms with Crippen LogP contribution in [-0.2, 0) is 6.54 Å². The predicted molar refractivity (Wildman–Crippen MR) is 80.3 cm³/mol. The van der Waals surface area contributed by atoms with Crippen molar-refractivity contribution in [3.63, 3.8) is 0 Å². The van der Waals surface area contributed by atoms with E-state index in [4.69, 9.17) is 5.11 Å². The van der Waals surface area contributed by atoms with Crippen LogP contribution >= 0.6 is 0 Å². The molecule has 0 unspecified atom stereocenters. The Balaban J connectivity index is 1.86. The zero-order chi connectivity index (χ0) is 14.7. The van der Waals surface area contributed by atoms with Gasteiger partial charge in [-0.1, -0.05) is 6.07 Å². The van der Waals surface area contributed by atoms with Crippen LogP contribution in [-0.4, -0.2) is 21.0 Å². The molecule has 0 bridgehead atoms. The SMILES string of the molecule is O=C(O)c1cccc2nc(NCc3ccncc3)ccc12. The Morgan fingerprint density at radius 3 is 2.67 bits per heavy atom. The van der Waals surface area contributed by atoms with Crippen LogP contribution in [0.4, 0.5) is 5.82 Å². The molecular weight excluding hydrogens is 266 g/mol. The summed E-state index contributed by atoms with van der Waals surface area (Å²) in [5.74, 6) is -0.234. The summed E-state index contributed by atoms with van der Waals surface area (Å²) in [7, 11) is 0. The van der Waals surface area contributed by atoms with Gasteiger partial charge in [0.1, 0.15) is 5.82 Å². The van der Waals surface area contributed by atoms with Gasteiger partial charge in [0.05, 0.1) is 11.1 Å². The molecule has 104 valence electrons. The number of benzene rings is 1. The van der Waals surface area contributed by atoms with Crippen molar-refractivity contribution < 1.29 is 9.90 Å². The molecule has 0 spiro atoms. The molecule has 0 aliphatic carbocycles. The Morgan fingerprint density at radius 1 is 1.10 bits per heavy atom. The molecule has 2 N–H and O–H groups in total. The van der Waals surface area contributed by atoms with E-state index in [1.165, 1.54) is 0 Å². The maximum Gasteiger partial charge on any atom is 0.336 e. The second kappa shape index (κ2) is 5.58. The number of nitrogens with one attached hydrogen (secondary N) is 1. The summed E-state index contributed by atoms with van der Waals surface area (Å²) in [6.45, 7) is 0.639. The first-order chi connectivity index (χ1) is 10.2. The normalized spacial score (nSPS) is 10.5. The number of pyridine rings is 2. The van der Waals surface area contributed by atoms with Crippen molar-refractivity contribution in [2.45, 2.75) is 6.54 Å². The van der Waals surface area contributed by atoms with E-state index >= 15 is 0 Å². The second-order valence-corrected chi connectivity index (χ2v) is 4.58. The lowest BCUT2D eigenvalue weighted by Gasteiger charge is -2.08. The largest absolute Gasteiger partial charge is 0.478 e. The minimum Gasteiger partial charge on any atom is -0.478 e. The van der Waals surface area contributed by atoms with Crippen LogP contribution in [0.1, 0.15) is 15.9 Å². The van der Waals surface area contributed by atoms with Crippen LogP contribution in [0.3, 0.4) is 0 Å². The standard InChI is InChI=1S/C16H13N3O2/c20-16(21)13-2-1-3-14-12(13)4-5-15(19-14)18-10-11-6-8-17-9-7-11/h1-9H,10H2,(H,18,19)(H,20,21). The topological polar surface area (TPSA) is 75.1 Å². The first-order valence-corrected chi connectivity index (χ1v) is 6.50. The van der Waals surface area contributed by atoms with Crippen LogP contribution in [0.15, 0.2) is 54.9 Å². The lowest BCUT2D eigenvalue weighted by molar-refractivity contribution is 0.0699. The maximum absolute atomic E-state index is 11.2. The van der Waals surface area contributed by atoms with Gasteiger partial charge in [-0.3, -0.25) is 4.98 Å². The van der Waals surface area contributed by atoms with Crippen LogP contribution in [0.25, 0.3) is 10.9 Å². The van der Waals surface area contributed by atoms with Crippen LogP contribution in [0, 0.1) is 0 Å². The third-order valence-electron chi connectivity index (χ3n) is 3.19. The molecule has 0 radical (unpaired) electrons. The van der Waals surface area contributed by atoms with Gasteiger partial charge in [-0.15, -0.1) is 0 Å². The Bertz CT molecular complexity index is 788. The number of aromatic carboxylic acids is 1. The molecule has 2 heterocycles. The molecule has 0 saturated heterocycles. The van der Waals surface area contributed by atoms with E-state index in [-0.39, 0.29) is 5.56 Å². The minimum absolute atomic E-state index is 0.265. The molecule has 2 aromatic heterocycles. The first kappa shape index (κ1) is 13.1. The van der Waals surface area contributed by atoms with Gasteiger partial charge >= 0.3 is 5.97 Å². The Kier molecular flexibility index (Phi) is 3.47. The number of rotatable bonds is 4. The molecule has 0 saturated carbocycles. The Morgan fingerprint density at radius 2 is 1.90 bits per heavy atom. The highest BCUT2D eigenvalue weighted by Gasteiger charge is 2.08. The molecule has 3 rings (SSSR count). The van der Waals surface area contributed by atoms with E-state index in [2.05, 4.69) is 15.3 Å². The lowest BCUT2D eigenvalue weighted by Crippen LogP contribution is -2.02. The highest BCUT2D eigenvalue weighted by Crippen LogP contribution is 2.19. The van der Waals surface area contributed by atoms with Crippen molar-refractivity contribution in [2.75, 3.05) is 5.32 Å². The molecule has 5 heteroatoms. The van der Waals surface area contributed by atoms with Gasteiger partial charge in [-0.05, 0) is 42.0 Å². The van der Waals surface area contributed by atoms with Crippen LogP contribution in [0.5, 0.6) is 0 Å². The second-order valence-electron chi connectivity index (χ2n) is 4.58. The minimum atomic E-state index is -0.945. The van der Waals surface area contributed by atoms with Gasteiger partial charge in [0.2, 0.25) is 0 Å². The van der Waals surface area contributed by atoms with E-state index in [1.807, 2.05) is 12.1 Å². The lowest BCUT2D eigenvalue weighted by atomic mass is 10.1. The summed E-state index contributed by atoms with van der Waals surface area (Å²) in [4.78, 5) is 19.6. The number of hydrogen-bond acceptors (Lipinski definition) is 4. The zero-order valence-corrected chi connectivity index (χ0v) is 11.2. The molecular formula is C16H13N3O2. The first-order valence-electron chi connectivity index (χ1n) is 6.50. The molecule has 0 amide bonds. The third-order valence-corrected chi connectivity index (χ3v) is 3.19. The monoisotopic (exact) mass is 279 g/mol. The van der Waals surface area contributed by atoms with Gasteiger partial charge in [0.25, 0.3) is 0 Å². The molecule has 0 fully saturated rings. The van der Waals surface area contributed by atoms with Gasteiger partial charge in [-0.2, -0.15) is 0 Å². The van der Waals surface area contributed by atoms with Gasteiger partial charge in [0.15, 0.2) is 0 Å². The third kappa shape index (κ3) is 2.81. The number of hydrogen-bond donors (Lipinski definition) is 2. The van der Waals surface area contributed by atoms with Crippen molar-refractivity contribution in [2.24, 2.45) is 0 Å². The average molecular weight is 279 g/mol. The van der Waals surface area contributed by atoms with E-state index in [1.54, 1.807) is 42.7 Å². The van der Waals surface area contributed by atoms with Crippen LogP contribution in [0.2, 0.25) is 0 Å². The van der Waals surface area contributed by atoms with Crippen molar-refractivity contribution in [3.05, 3.63) is 66.0 Å². The fourth-order valence-corrected chi connectivity index (χ4v) is 2.13. The van der Waals surface area contributed by atoms with E-state index < -0.39 is 5.97 Å². The van der Waals surface area contributed by atoms with E-state index in [0.717, 1.165) is 5.56 Å². The molecule has 21 heavy (non-hydrogen) atoms. The number of fused-ring (bicyclic) bond motifs is 1. The maximum atomic E-state index is 11.2. The highest BCUT2D eigenvalue weighted by atomic mass is 16.4. The van der Waals surface area contributed by atoms with E-state index in [9.17, 15) is 4.79 Å². The summed E-state index contributed by atoms with van der Waals surface area (Å²) in [5.41, 5.74) is 2.03. The van der Waals surface area contributed by atoms with Gasteiger partial charge in [0, 0.05) is 24.3 Å². The number of nitrogens with zero attached hydrogens (tertiary/aromatic N) is 2. The zero-order valence-electron chi connectivity index (χ0n) is 11.2.